The van der Waals surface area contributed by atoms with Gasteiger partial charge >= 0.3 is 0 Å². The molecule has 1 unspecified atom stereocenters. The first-order valence-electron chi connectivity index (χ1n) is 10.9. The van der Waals surface area contributed by atoms with E-state index in [2.05, 4.69) is 25.9 Å². The fourth-order valence-corrected chi connectivity index (χ4v) is 3.85. The summed E-state index contributed by atoms with van der Waals surface area (Å²) in [5.41, 5.74) is -1.11. The minimum Gasteiger partial charge on any atom is -0.396 e. The molecule has 1 aromatic carbocycles. The highest BCUT2D eigenvalue weighted by Crippen LogP contribution is 2.32. The zero-order valence-corrected chi connectivity index (χ0v) is 21.8. The van der Waals surface area contributed by atoms with Crippen LogP contribution in [-0.2, 0) is 4.84 Å². The third kappa shape index (κ3) is 7.15. The third-order valence-electron chi connectivity index (χ3n) is 4.78. The van der Waals surface area contributed by atoms with E-state index in [1.165, 1.54) is 36.7 Å². The lowest BCUT2D eigenvalue weighted by atomic mass is 10.1. The van der Waals surface area contributed by atoms with Crippen LogP contribution in [0.5, 0.6) is 0 Å². The number of amides is 2. The summed E-state index contributed by atoms with van der Waals surface area (Å²) in [5.74, 6) is -1.52. The fraction of sp³-hybridized carbons (Fsp3) is 0.261. The molecule has 0 fully saturated rings. The highest BCUT2D eigenvalue weighted by molar-refractivity contribution is 6.38. The highest BCUT2D eigenvalue weighted by Gasteiger charge is 2.25. The minimum absolute atomic E-state index is 0.0380. The zero-order valence-electron chi connectivity index (χ0n) is 19.5. The van der Waals surface area contributed by atoms with Crippen molar-refractivity contribution in [2.75, 3.05) is 11.9 Å². The number of nitrogens with zero attached hydrogens (tertiary/aromatic N) is 4. The molecule has 2 N–H and O–H groups in total. The Morgan fingerprint density at radius 3 is 2.62 bits per heavy atom. The largest absolute Gasteiger partial charge is 0.396 e. The van der Waals surface area contributed by atoms with E-state index < -0.39 is 23.9 Å². The van der Waals surface area contributed by atoms with Gasteiger partial charge in [0.2, 0.25) is 0 Å². The van der Waals surface area contributed by atoms with Crippen molar-refractivity contribution in [2.45, 2.75) is 32.7 Å². The van der Waals surface area contributed by atoms with E-state index in [-0.39, 0.29) is 43.9 Å². The molecular weight excluding hydrogens is 553 g/mol. The standard InChI is InChI=1S/C23H21Cl3F2N6O3/c1-3-37-30-8-6-12(2)31-22(35)14-9-13(24)10-16(26)19(14)32-23(36)18-11-17(20(27)28)33-34(18)21-15(25)5-4-7-29-21/h4-5,7-12,20H,3,6H2,1-2H3,(H,31,35)(H,32,36)/b30-8+. The maximum absolute atomic E-state index is 13.4. The Hall–Kier alpha value is -3.28. The summed E-state index contributed by atoms with van der Waals surface area (Å²) in [7, 11) is 0. The van der Waals surface area contributed by atoms with E-state index in [0.29, 0.717) is 13.0 Å². The molecule has 0 aliphatic heterocycles. The van der Waals surface area contributed by atoms with Crippen LogP contribution in [0.2, 0.25) is 15.1 Å². The van der Waals surface area contributed by atoms with Gasteiger partial charge in [0.25, 0.3) is 18.2 Å². The Balaban J connectivity index is 1.94. The first-order valence-corrected chi connectivity index (χ1v) is 12.0. The Kier molecular flexibility index (Phi) is 9.79. The Morgan fingerprint density at radius 1 is 1.19 bits per heavy atom. The molecule has 0 radical (unpaired) electrons. The quantitative estimate of drug-likeness (QED) is 0.230. The number of carbonyl (C=O) groups is 2. The zero-order chi connectivity index (χ0) is 27.1. The number of hydrogen-bond donors (Lipinski definition) is 2. The van der Waals surface area contributed by atoms with Crippen molar-refractivity contribution >= 4 is 58.5 Å². The molecule has 2 heterocycles. The molecule has 196 valence electrons. The Morgan fingerprint density at radius 2 is 1.95 bits per heavy atom. The molecule has 0 saturated carbocycles. The first kappa shape index (κ1) is 28.3. The molecule has 2 amide bonds. The van der Waals surface area contributed by atoms with Crippen LogP contribution in [0.3, 0.4) is 0 Å². The summed E-state index contributed by atoms with van der Waals surface area (Å²) in [6.45, 7) is 3.93. The number of anilines is 1. The maximum Gasteiger partial charge on any atom is 0.282 e. The molecule has 2 aromatic heterocycles. The average molecular weight is 574 g/mol. The molecule has 3 aromatic rings. The maximum atomic E-state index is 13.4. The van der Waals surface area contributed by atoms with Gasteiger partial charge in [-0.05, 0) is 44.2 Å². The Bertz CT molecular complexity index is 1320. The SMILES string of the molecule is CCO/N=C/CC(C)NC(=O)c1cc(Cl)cc(Cl)c1NC(=O)c1cc(C(F)F)nn1-c1ncccc1Cl. The number of carbonyl (C=O) groups excluding carboxylic acids is 2. The second kappa shape index (κ2) is 12.8. The lowest BCUT2D eigenvalue weighted by Gasteiger charge is -2.16. The number of hydrogen-bond acceptors (Lipinski definition) is 6. The molecule has 0 aliphatic rings. The van der Waals surface area contributed by atoms with Gasteiger partial charge in [0, 0.05) is 29.9 Å². The lowest BCUT2D eigenvalue weighted by molar-refractivity contribution is 0.0941. The molecule has 3 rings (SSSR count). The van der Waals surface area contributed by atoms with Crippen LogP contribution in [0.25, 0.3) is 5.82 Å². The van der Waals surface area contributed by atoms with E-state index in [1.54, 1.807) is 13.8 Å². The second-order valence-corrected chi connectivity index (χ2v) is 8.81. The minimum atomic E-state index is -2.97. The van der Waals surface area contributed by atoms with Gasteiger partial charge in [0.1, 0.15) is 18.0 Å². The average Bonchev–Trinajstić information content (AvgIpc) is 3.29. The van der Waals surface area contributed by atoms with E-state index >= 15 is 0 Å². The van der Waals surface area contributed by atoms with Crippen molar-refractivity contribution in [3.63, 3.8) is 0 Å². The van der Waals surface area contributed by atoms with Crippen LogP contribution in [0.15, 0.2) is 41.7 Å². The number of halogens is 5. The van der Waals surface area contributed by atoms with Crippen LogP contribution < -0.4 is 10.6 Å². The predicted molar refractivity (Wildman–Crippen MR) is 137 cm³/mol. The van der Waals surface area contributed by atoms with Crippen molar-refractivity contribution in [3.05, 3.63) is 68.5 Å². The number of alkyl halides is 2. The van der Waals surface area contributed by atoms with Gasteiger partial charge in [0.05, 0.1) is 21.3 Å². The second-order valence-electron chi connectivity index (χ2n) is 7.56. The van der Waals surface area contributed by atoms with Crippen LogP contribution in [0, 0.1) is 0 Å². The number of aromatic nitrogens is 3. The molecule has 1 atom stereocenters. The Labute approximate surface area is 225 Å². The van der Waals surface area contributed by atoms with Crippen molar-refractivity contribution in [3.8, 4) is 5.82 Å². The monoisotopic (exact) mass is 572 g/mol. The number of rotatable bonds is 10. The van der Waals surface area contributed by atoms with Crippen molar-refractivity contribution < 1.29 is 23.2 Å². The van der Waals surface area contributed by atoms with Gasteiger partial charge in [-0.1, -0.05) is 40.0 Å². The van der Waals surface area contributed by atoms with Crippen molar-refractivity contribution in [2.24, 2.45) is 5.16 Å². The van der Waals surface area contributed by atoms with E-state index in [9.17, 15) is 18.4 Å². The molecule has 37 heavy (non-hydrogen) atoms. The highest BCUT2D eigenvalue weighted by atomic mass is 35.5. The van der Waals surface area contributed by atoms with Crippen LogP contribution in [0.1, 0.15) is 53.2 Å². The molecule has 0 spiro atoms. The fourth-order valence-electron chi connectivity index (χ4n) is 3.11. The summed E-state index contributed by atoms with van der Waals surface area (Å²) in [5, 5.41) is 12.9. The van der Waals surface area contributed by atoms with Crippen LogP contribution >= 0.6 is 34.8 Å². The number of oxime groups is 1. The number of nitrogens with one attached hydrogen (secondary N) is 2. The molecule has 0 aliphatic carbocycles. The molecule has 14 heteroatoms. The van der Waals surface area contributed by atoms with Gasteiger partial charge in [-0.3, -0.25) is 9.59 Å². The molecule has 0 bridgehead atoms. The topological polar surface area (TPSA) is 110 Å². The molecule has 9 nitrogen and oxygen atoms in total. The predicted octanol–water partition coefficient (Wildman–Crippen LogP) is 5.95. The van der Waals surface area contributed by atoms with Gasteiger partial charge in [-0.2, -0.15) is 5.10 Å². The third-order valence-corrected chi connectivity index (χ3v) is 5.59. The normalized spacial score (nSPS) is 12.1. The van der Waals surface area contributed by atoms with Crippen molar-refractivity contribution in [1.82, 2.24) is 20.1 Å². The number of pyridine rings is 1. The van der Waals surface area contributed by atoms with Gasteiger partial charge in [-0.15, -0.1) is 0 Å². The van der Waals surface area contributed by atoms with E-state index in [0.717, 1.165) is 10.7 Å². The molecule has 0 saturated heterocycles. The summed E-state index contributed by atoms with van der Waals surface area (Å²) >= 11 is 18.6. The first-order chi connectivity index (χ1) is 17.6. The summed E-state index contributed by atoms with van der Waals surface area (Å²) in [4.78, 5) is 35.2. The van der Waals surface area contributed by atoms with Crippen molar-refractivity contribution in [1.29, 1.82) is 0 Å². The smallest absolute Gasteiger partial charge is 0.282 e. The van der Waals surface area contributed by atoms with Crippen LogP contribution in [-0.4, -0.2) is 45.4 Å². The lowest BCUT2D eigenvalue weighted by Crippen LogP contribution is -2.33. The molecular formula is C23H21Cl3F2N6O3. The summed E-state index contributed by atoms with van der Waals surface area (Å²) in [6.07, 6.45) is 0.267. The van der Waals surface area contributed by atoms with Gasteiger partial charge in [0.15, 0.2) is 5.82 Å². The van der Waals surface area contributed by atoms with E-state index in [4.69, 9.17) is 39.6 Å². The van der Waals surface area contributed by atoms with Crippen LogP contribution in [0.4, 0.5) is 14.5 Å². The summed E-state index contributed by atoms with van der Waals surface area (Å²) in [6, 6.07) is 6.18. The van der Waals surface area contributed by atoms with Gasteiger partial charge in [-0.25, -0.2) is 18.4 Å². The van der Waals surface area contributed by atoms with E-state index in [1.807, 2.05) is 0 Å². The van der Waals surface area contributed by atoms with Gasteiger partial charge < -0.3 is 15.5 Å². The number of benzene rings is 1. The summed E-state index contributed by atoms with van der Waals surface area (Å²) < 4.78 is 27.8.